The number of hydrogen-bond acceptors (Lipinski definition) is 4. The number of aliphatic hydroxyl groups excluding tert-OH is 1. The molecule has 1 amide bonds. The van der Waals surface area contributed by atoms with Crippen LogP contribution in [0.2, 0.25) is 0 Å². The van der Waals surface area contributed by atoms with Crippen molar-refractivity contribution >= 4 is 27.1 Å². The highest BCUT2D eigenvalue weighted by molar-refractivity contribution is 6.15. The maximum absolute atomic E-state index is 11.1. The summed E-state index contributed by atoms with van der Waals surface area (Å²) in [6.45, 7) is 8.59. The van der Waals surface area contributed by atoms with Crippen LogP contribution in [0.5, 0.6) is 0 Å². The molecule has 0 aromatic rings. The second kappa shape index (κ2) is 9.58. The van der Waals surface area contributed by atoms with Crippen molar-refractivity contribution in [2.45, 2.75) is 32.4 Å². The smallest absolute Gasteiger partial charge is 0.408 e. The number of rotatable bonds is 3. The molecular weight excluding hydrogens is 242 g/mol. The summed E-state index contributed by atoms with van der Waals surface area (Å²) in [5, 5.41) is 11.2. The number of aliphatic hydroxyl groups is 1. The third-order valence-electron chi connectivity index (χ3n) is 1.18. The second-order valence-electron chi connectivity index (χ2n) is 4.08. The highest BCUT2D eigenvalue weighted by atomic mass is 28.3. The van der Waals surface area contributed by atoms with Gasteiger partial charge in [-0.3, -0.25) is 0 Å². The first-order chi connectivity index (χ1) is 7.30. The molecule has 0 fully saturated rings. The van der Waals surface area contributed by atoms with Gasteiger partial charge in [-0.2, -0.15) is 0 Å². The molecule has 0 bridgehead atoms. The van der Waals surface area contributed by atoms with Crippen LogP contribution in [-0.2, 0) is 8.85 Å². The number of carbonyl (C=O) groups excluding carboxylic acids is 1. The molecule has 0 rings (SSSR count). The van der Waals surface area contributed by atoms with E-state index in [0.29, 0.717) is 0 Å². The highest BCUT2D eigenvalue weighted by Crippen LogP contribution is 2.06. The molecule has 0 aliphatic carbocycles. The van der Waals surface area contributed by atoms with Crippen molar-refractivity contribution in [1.82, 2.24) is 5.32 Å². The van der Waals surface area contributed by atoms with Crippen LogP contribution in [0.1, 0.15) is 20.8 Å². The van der Waals surface area contributed by atoms with Gasteiger partial charge in [-0.25, -0.2) is 4.79 Å². The summed E-state index contributed by atoms with van der Waals surface area (Å²) in [5.74, 6) is 0. The van der Waals surface area contributed by atoms with Gasteiger partial charge in [0.1, 0.15) is 26.6 Å². The lowest BCUT2D eigenvalue weighted by molar-refractivity contribution is 0.0498. The quantitative estimate of drug-likeness (QED) is 0.488. The zero-order valence-electron chi connectivity index (χ0n) is 10.7. The fourth-order valence-electron chi connectivity index (χ4n) is 0.638. The van der Waals surface area contributed by atoms with E-state index in [1.165, 1.54) is 6.08 Å². The minimum Gasteiger partial charge on any atom is -0.471 e. The molecule has 5 nitrogen and oxygen atoms in total. The molecule has 0 aromatic carbocycles. The van der Waals surface area contributed by atoms with Gasteiger partial charge in [0.2, 0.25) is 0 Å². The Morgan fingerprint density at radius 1 is 1.56 bits per heavy atom. The largest absolute Gasteiger partial charge is 0.471 e. The minimum atomic E-state index is -0.550. The van der Waals surface area contributed by atoms with Gasteiger partial charge in [0.15, 0.2) is 0 Å². The number of amides is 1. The zero-order valence-corrected chi connectivity index (χ0v) is 14.7. The monoisotopic (exact) mass is 265 g/mol. The fraction of sp³-hybridized carbons (Fsp3) is 0.667. The molecule has 0 aliphatic rings. The summed E-state index contributed by atoms with van der Waals surface area (Å²) < 4.78 is 9.49. The summed E-state index contributed by atoms with van der Waals surface area (Å²) in [6, 6.07) is -0.449. The Balaban J connectivity index is 0. The molecule has 0 spiro atoms. The Kier molecular flexibility index (Phi) is 10.6. The molecule has 0 aromatic heterocycles. The van der Waals surface area contributed by atoms with E-state index >= 15 is 0 Å². The predicted molar refractivity (Wildman–Crippen MR) is 71.4 cm³/mol. The number of carbonyl (C=O) groups is 1. The second-order valence-corrected chi connectivity index (χ2v) is 7.35. The molecule has 0 unspecified atom stereocenters. The van der Waals surface area contributed by atoms with Crippen LogP contribution in [0.4, 0.5) is 4.79 Å². The normalized spacial score (nSPS) is 12.2. The molecule has 0 heterocycles. The molecule has 96 valence electrons. The summed E-state index contributed by atoms with van der Waals surface area (Å²) >= 11 is 0. The molecule has 1 atom stereocenters. The first-order valence-corrected chi connectivity index (χ1v) is 6.57. The topological polar surface area (TPSA) is 67.8 Å². The van der Waals surface area contributed by atoms with Crippen LogP contribution in [0.25, 0.3) is 0 Å². The average Bonchev–Trinajstić information content (AvgIpc) is 2.12. The van der Waals surface area contributed by atoms with E-state index in [9.17, 15) is 4.79 Å². The predicted octanol–water partition coefficient (Wildman–Crippen LogP) is -1.38. The van der Waals surface area contributed by atoms with Gasteiger partial charge in [0, 0.05) is 0 Å². The molecule has 2 N–H and O–H groups in total. The Morgan fingerprint density at radius 3 is 2.25 bits per heavy atom. The molecule has 0 saturated heterocycles. The van der Waals surface area contributed by atoms with Gasteiger partial charge >= 0.3 is 6.09 Å². The van der Waals surface area contributed by atoms with Crippen molar-refractivity contribution in [3.05, 3.63) is 12.7 Å². The van der Waals surface area contributed by atoms with Crippen molar-refractivity contribution in [1.29, 1.82) is 0 Å². The average molecular weight is 265 g/mol. The first kappa shape index (κ1) is 17.7. The van der Waals surface area contributed by atoms with Crippen molar-refractivity contribution in [3.8, 4) is 0 Å². The maximum Gasteiger partial charge on any atom is 0.408 e. The third-order valence-corrected chi connectivity index (χ3v) is 1.18. The van der Waals surface area contributed by atoms with E-state index in [4.69, 9.17) is 9.84 Å². The van der Waals surface area contributed by atoms with Gasteiger partial charge < -0.3 is 19.3 Å². The lowest BCUT2D eigenvalue weighted by atomic mass is 10.2. The Bertz CT molecular complexity index is 206. The number of alkyl carbamates (subject to hydrolysis) is 1. The Morgan fingerprint density at radius 2 is 2.00 bits per heavy atom. The van der Waals surface area contributed by atoms with E-state index in [-0.39, 0.29) is 6.61 Å². The van der Waals surface area contributed by atoms with Gasteiger partial charge in [-0.15, -0.1) is 6.58 Å². The highest BCUT2D eigenvalue weighted by Gasteiger charge is 2.17. The van der Waals surface area contributed by atoms with Crippen molar-refractivity contribution in [2.24, 2.45) is 0 Å². The van der Waals surface area contributed by atoms with Gasteiger partial charge in [-0.1, -0.05) is 6.08 Å². The van der Waals surface area contributed by atoms with E-state index < -0.39 is 17.7 Å². The third kappa shape index (κ3) is 13.4. The molecular formula is C9H23NO4Si2. The zero-order chi connectivity index (χ0) is 13.2. The van der Waals surface area contributed by atoms with Gasteiger partial charge in [0.25, 0.3) is 0 Å². The van der Waals surface area contributed by atoms with Crippen LogP contribution in [0.3, 0.4) is 0 Å². The van der Waals surface area contributed by atoms with E-state index in [2.05, 4.69) is 16.0 Å². The number of ether oxygens (including phenoxy) is 1. The van der Waals surface area contributed by atoms with Crippen molar-refractivity contribution in [2.75, 3.05) is 6.61 Å². The van der Waals surface area contributed by atoms with Crippen molar-refractivity contribution in [3.63, 3.8) is 0 Å². The summed E-state index contributed by atoms with van der Waals surface area (Å²) in [4.78, 5) is 11.1. The summed E-state index contributed by atoms with van der Waals surface area (Å²) in [5.41, 5.74) is -0.523. The van der Waals surface area contributed by atoms with Crippen LogP contribution in [0, 0.1) is 0 Å². The Labute approximate surface area is 103 Å². The lowest BCUT2D eigenvalue weighted by Crippen LogP contribution is -2.39. The summed E-state index contributed by atoms with van der Waals surface area (Å²) in [7, 11) is 1.86. The molecule has 7 heteroatoms. The maximum atomic E-state index is 11.1. The minimum absolute atomic E-state index is 0.178. The number of hydrogen-bond donors (Lipinski definition) is 2. The van der Waals surface area contributed by atoms with Crippen LogP contribution in [-0.4, -0.2) is 50.4 Å². The van der Waals surface area contributed by atoms with E-state index in [1.807, 2.05) is 0 Å². The molecule has 0 aliphatic heterocycles. The summed E-state index contributed by atoms with van der Waals surface area (Å²) in [6.07, 6.45) is 0.899. The molecule has 16 heavy (non-hydrogen) atoms. The van der Waals surface area contributed by atoms with Crippen LogP contribution in [0.15, 0.2) is 12.7 Å². The molecule has 0 saturated carbocycles. The van der Waals surface area contributed by atoms with E-state index in [0.717, 1.165) is 21.0 Å². The number of nitrogens with one attached hydrogen (secondary N) is 1. The molecule has 0 radical (unpaired) electrons. The van der Waals surface area contributed by atoms with Crippen LogP contribution >= 0.6 is 0 Å². The standard InChI is InChI=1S/C9H17NO3.H6OSi2/c1-5-7(6-11)10-8(12)13-9(2,3)4;2-1-3/h5,7,11H,1,6H2,2-4H3,(H,10,12);2-3H3/t7-;/m0./s1. The first-order valence-electron chi connectivity index (χ1n) is 4.93. The SMILES string of the molecule is C=C[C@@H](CO)NC(=O)OC(C)(C)C.[SiH3]O[SiH3]. The lowest BCUT2D eigenvalue weighted by Gasteiger charge is -2.21. The Hall–Kier alpha value is -0.636. The fourth-order valence-corrected chi connectivity index (χ4v) is 0.638. The van der Waals surface area contributed by atoms with Gasteiger partial charge in [-0.05, 0) is 20.8 Å². The van der Waals surface area contributed by atoms with Crippen LogP contribution < -0.4 is 5.32 Å². The van der Waals surface area contributed by atoms with Gasteiger partial charge in [0.05, 0.1) is 12.6 Å². The van der Waals surface area contributed by atoms with Crippen molar-refractivity contribution < 1.29 is 18.8 Å². The van der Waals surface area contributed by atoms with E-state index in [1.54, 1.807) is 20.8 Å².